The lowest BCUT2D eigenvalue weighted by molar-refractivity contribution is -0.123. The van der Waals surface area contributed by atoms with E-state index in [1.54, 1.807) is 0 Å². The molecule has 0 bridgehead atoms. The quantitative estimate of drug-likeness (QED) is 0.568. The molecule has 2 aliphatic rings. The molecule has 0 saturated heterocycles. The number of amides is 2. The molecule has 1 aliphatic carbocycles. The van der Waals surface area contributed by atoms with Crippen molar-refractivity contribution < 1.29 is 9.59 Å². The lowest BCUT2D eigenvalue weighted by Crippen LogP contribution is -2.22. The third kappa shape index (κ3) is 0.993. The van der Waals surface area contributed by atoms with E-state index in [-0.39, 0.29) is 11.8 Å². The van der Waals surface area contributed by atoms with Crippen molar-refractivity contribution in [3.8, 4) is 0 Å². The number of rotatable bonds is 1. The van der Waals surface area contributed by atoms with Crippen LogP contribution in [0.3, 0.4) is 0 Å². The average Bonchev–Trinajstić information content (AvgIpc) is 2.58. The van der Waals surface area contributed by atoms with E-state index < -0.39 is 0 Å². The van der Waals surface area contributed by atoms with Gasteiger partial charge in [-0.1, -0.05) is 18.2 Å². The van der Waals surface area contributed by atoms with Crippen LogP contribution in [0.4, 0.5) is 0 Å². The van der Waals surface area contributed by atoms with Crippen molar-refractivity contribution in [3.05, 3.63) is 35.5 Å². The molecule has 1 aliphatic heterocycles. The first-order chi connectivity index (χ1) is 5.77. The average molecular weight is 161 g/mol. The van der Waals surface area contributed by atoms with Crippen molar-refractivity contribution in [2.24, 2.45) is 0 Å². The van der Waals surface area contributed by atoms with Crippen molar-refractivity contribution >= 4 is 11.8 Å². The summed E-state index contributed by atoms with van der Waals surface area (Å²) in [4.78, 5) is 21.9. The highest BCUT2D eigenvalue weighted by Crippen LogP contribution is 2.21. The molecule has 0 atom stereocenters. The normalized spacial score (nSPS) is 21.0. The summed E-state index contributed by atoms with van der Waals surface area (Å²) in [6.07, 6.45) is 7.77. The first-order valence-electron chi connectivity index (χ1n) is 3.70. The van der Waals surface area contributed by atoms with E-state index >= 15 is 0 Å². The number of nitrogens with one attached hydrogen (secondary N) is 1. The molecule has 2 rings (SSSR count). The Hall–Kier alpha value is -1.64. The van der Waals surface area contributed by atoms with E-state index in [9.17, 15) is 9.59 Å². The fourth-order valence-corrected chi connectivity index (χ4v) is 1.30. The van der Waals surface area contributed by atoms with Crippen molar-refractivity contribution in [2.75, 3.05) is 0 Å². The Bertz CT molecular complexity index is 348. The highest BCUT2D eigenvalue weighted by Gasteiger charge is 2.23. The molecular formula is C9H7NO2. The Morgan fingerprint density at radius 1 is 1.33 bits per heavy atom. The van der Waals surface area contributed by atoms with Gasteiger partial charge in [0.2, 0.25) is 0 Å². The van der Waals surface area contributed by atoms with Crippen molar-refractivity contribution in [3.63, 3.8) is 0 Å². The van der Waals surface area contributed by atoms with Gasteiger partial charge in [-0.25, -0.2) is 0 Å². The summed E-state index contributed by atoms with van der Waals surface area (Å²) >= 11 is 0. The molecule has 60 valence electrons. The van der Waals surface area contributed by atoms with Crippen LogP contribution in [0.25, 0.3) is 0 Å². The molecule has 0 saturated carbocycles. The molecule has 12 heavy (non-hydrogen) atoms. The van der Waals surface area contributed by atoms with Crippen LogP contribution < -0.4 is 5.32 Å². The lowest BCUT2D eigenvalue weighted by atomic mass is 10.1. The van der Waals surface area contributed by atoms with Gasteiger partial charge < -0.3 is 0 Å². The Morgan fingerprint density at radius 2 is 2.17 bits per heavy atom. The highest BCUT2D eigenvalue weighted by atomic mass is 16.2. The van der Waals surface area contributed by atoms with Crippen LogP contribution in [0.2, 0.25) is 0 Å². The van der Waals surface area contributed by atoms with Crippen LogP contribution in [0.15, 0.2) is 35.5 Å². The minimum absolute atomic E-state index is 0.282. The standard InChI is InChI=1S/C9H7NO2/c11-8-5-7(9(12)10-8)6-3-1-2-4-6/h1-3,5H,4H2,(H,10,11,12). The Balaban J connectivity index is 2.30. The minimum Gasteiger partial charge on any atom is -0.289 e. The molecule has 3 nitrogen and oxygen atoms in total. The molecule has 0 spiro atoms. The van der Waals surface area contributed by atoms with Gasteiger partial charge in [0.25, 0.3) is 11.8 Å². The van der Waals surface area contributed by atoms with Crippen LogP contribution in [-0.4, -0.2) is 11.8 Å². The summed E-state index contributed by atoms with van der Waals surface area (Å²) in [7, 11) is 0. The Morgan fingerprint density at radius 3 is 2.67 bits per heavy atom. The number of allylic oxidation sites excluding steroid dienone is 3. The Kier molecular flexibility index (Phi) is 1.43. The maximum absolute atomic E-state index is 11.1. The van der Waals surface area contributed by atoms with E-state index in [0.717, 1.165) is 12.0 Å². The van der Waals surface area contributed by atoms with E-state index in [1.165, 1.54) is 6.08 Å². The van der Waals surface area contributed by atoms with Crippen LogP contribution >= 0.6 is 0 Å². The van der Waals surface area contributed by atoms with Crippen molar-refractivity contribution in [1.29, 1.82) is 0 Å². The van der Waals surface area contributed by atoms with E-state index in [0.29, 0.717) is 5.57 Å². The molecule has 0 radical (unpaired) electrons. The summed E-state index contributed by atoms with van der Waals surface area (Å²) in [5.41, 5.74) is 1.42. The molecule has 0 unspecified atom stereocenters. The molecule has 0 fully saturated rings. The van der Waals surface area contributed by atoms with Gasteiger partial charge in [0.1, 0.15) is 0 Å². The van der Waals surface area contributed by atoms with Gasteiger partial charge in [-0.3, -0.25) is 14.9 Å². The van der Waals surface area contributed by atoms with Gasteiger partial charge in [-0.15, -0.1) is 0 Å². The predicted octanol–water partition coefficient (Wildman–Crippen LogP) is 0.455. The summed E-state index contributed by atoms with van der Waals surface area (Å²) in [5, 5.41) is 2.20. The molecule has 0 aromatic rings. The summed E-state index contributed by atoms with van der Waals surface area (Å²) in [5.74, 6) is -0.599. The van der Waals surface area contributed by atoms with Gasteiger partial charge in [-0.2, -0.15) is 0 Å². The van der Waals surface area contributed by atoms with Crippen molar-refractivity contribution in [1.82, 2.24) is 5.32 Å². The van der Waals surface area contributed by atoms with Gasteiger partial charge in [0, 0.05) is 11.6 Å². The SMILES string of the molecule is O=C1C=C(C2=CC=CC2)C(=O)N1. The fraction of sp³-hybridized carbons (Fsp3) is 0.111. The molecule has 1 heterocycles. The molecule has 0 aromatic heterocycles. The second kappa shape index (κ2) is 2.44. The largest absolute Gasteiger partial charge is 0.289 e. The number of carbonyl (C=O) groups excluding carboxylic acids is 2. The van der Waals surface area contributed by atoms with Gasteiger partial charge in [0.15, 0.2) is 0 Å². The molecular weight excluding hydrogens is 154 g/mol. The lowest BCUT2D eigenvalue weighted by Gasteiger charge is -1.98. The molecule has 1 N–H and O–H groups in total. The number of imide groups is 1. The summed E-state index contributed by atoms with van der Waals surface area (Å²) < 4.78 is 0. The molecule has 3 heteroatoms. The van der Waals surface area contributed by atoms with Gasteiger partial charge in [-0.05, 0) is 12.0 Å². The van der Waals surface area contributed by atoms with Crippen LogP contribution in [-0.2, 0) is 9.59 Å². The van der Waals surface area contributed by atoms with E-state index in [1.807, 2.05) is 18.2 Å². The maximum Gasteiger partial charge on any atom is 0.258 e. The summed E-state index contributed by atoms with van der Waals surface area (Å²) in [6.45, 7) is 0. The highest BCUT2D eigenvalue weighted by molar-refractivity contribution is 6.18. The third-order valence-corrected chi connectivity index (χ3v) is 1.87. The first-order valence-corrected chi connectivity index (χ1v) is 3.70. The van der Waals surface area contributed by atoms with Crippen molar-refractivity contribution in [2.45, 2.75) is 6.42 Å². The maximum atomic E-state index is 11.1. The second-order valence-corrected chi connectivity index (χ2v) is 2.70. The van der Waals surface area contributed by atoms with Crippen LogP contribution in [0, 0.1) is 0 Å². The smallest absolute Gasteiger partial charge is 0.258 e. The number of hydrogen-bond donors (Lipinski definition) is 1. The zero-order valence-electron chi connectivity index (χ0n) is 6.33. The van der Waals surface area contributed by atoms with Crippen LogP contribution in [0.5, 0.6) is 0 Å². The van der Waals surface area contributed by atoms with E-state index in [2.05, 4.69) is 5.32 Å². The zero-order valence-corrected chi connectivity index (χ0v) is 6.33. The van der Waals surface area contributed by atoms with Crippen LogP contribution in [0.1, 0.15) is 6.42 Å². The topological polar surface area (TPSA) is 46.2 Å². The summed E-state index contributed by atoms with van der Waals surface area (Å²) in [6, 6.07) is 0. The Labute approximate surface area is 69.5 Å². The number of carbonyl (C=O) groups is 2. The number of hydrogen-bond acceptors (Lipinski definition) is 2. The monoisotopic (exact) mass is 161 g/mol. The fourth-order valence-electron chi connectivity index (χ4n) is 1.30. The van der Waals surface area contributed by atoms with Gasteiger partial charge in [0.05, 0.1) is 0 Å². The van der Waals surface area contributed by atoms with E-state index in [4.69, 9.17) is 0 Å². The second-order valence-electron chi connectivity index (χ2n) is 2.70. The molecule has 0 aromatic carbocycles. The first kappa shape index (κ1) is 7.03. The molecule has 2 amide bonds. The van der Waals surface area contributed by atoms with Gasteiger partial charge >= 0.3 is 0 Å². The zero-order chi connectivity index (χ0) is 8.55. The minimum atomic E-state index is -0.317. The third-order valence-electron chi connectivity index (χ3n) is 1.87. The predicted molar refractivity (Wildman–Crippen MR) is 43.1 cm³/mol.